The van der Waals surface area contributed by atoms with E-state index in [-0.39, 0.29) is 0 Å². The van der Waals surface area contributed by atoms with Gasteiger partial charge in [-0.3, -0.25) is 19.3 Å². The first kappa shape index (κ1) is 22.3. The Balaban J connectivity index is 1.94. The van der Waals surface area contributed by atoms with Crippen molar-refractivity contribution >= 4 is 29.5 Å². The zero-order valence-electron chi connectivity index (χ0n) is 16.4. The fourth-order valence-corrected chi connectivity index (χ4v) is 2.84. The molecule has 0 aromatic heterocycles. The summed E-state index contributed by atoms with van der Waals surface area (Å²) >= 11 is 0. The van der Waals surface area contributed by atoms with E-state index in [1.807, 2.05) is 6.92 Å². The van der Waals surface area contributed by atoms with E-state index < -0.39 is 59.3 Å². The van der Waals surface area contributed by atoms with Gasteiger partial charge in [-0.15, -0.1) is 0 Å². The van der Waals surface area contributed by atoms with Crippen molar-refractivity contribution in [1.82, 2.24) is 10.2 Å². The molecule has 0 spiro atoms. The molecule has 0 unspecified atom stereocenters. The van der Waals surface area contributed by atoms with Gasteiger partial charge in [0, 0.05) is 6.07 Å². The molecule has 1 fully saturated rings. The minimum Gasteiger partial charge on any atom is -0.451 e. The first-order valence-electron chi connectivity index (χ1n) is 9.17. The number of nitrogens with one attached hydrogen (secondary N) is 2. The third-order valence-electron chi connectivity index (χ3n) is 4.53. The normalized spacial score (nSPS) is 19.7. The number of esters is 1. The van der Waals surface area contributed by atoms with Gasteiger partial charge in [-0.1, -0.05) is 19.8 Å². The molecular formula is C19H23F2N3O5. The summed E-state index contributed by atoms with van der Waals surface area (Å²) in [6, 6.07) is 1.80. The quantitative estimate of drug-likeness (QED) is 0.505. The molecular weight excluding hydrogens is 388 g/mol. The maximum atomic E-state index is 13.6. The molecule has 1 aromatic rings. The number of ether oxygens (including phenoxy) is 1. The van der Waals surface area contributed by atoms with Crippen molar-refractivity contribution < 1.29 is 32.7 Å². The van der Waals surface area contributed by atoms with Crippen LogP contribution in [0.1, 0.15) is 40.0 Å². The number of unbranched alkanes of at least 4 members (excludes halogenated alkanes) is 1. The summed E-state index contributed by atoms with van der Waals surface area (Å²) in [6.45, 7) is 4.08. The van der Waals surface area contributed by atoms with Crippen molar-refractivity contribution in [2.45, 2.75) is 51.7 Å². The van der Waals surface area contributed by atoms with Crippen LogP contribution in [0.3, 0.4) is 0 Å². The molecule has 0 radical (unpaired) electrons. The van der Waals surface area contributed by atoms with Gasteiger partial charge in [-0.2, -0.15) is 0 Å². The number of rotatable bonds is 8. The van der Waals surface area contributed by atoms with Crippen LogP contribution < -0.4 is 10.6 Å². The molecule has 0 bridgehead atoms. The van der Waals surface area contributed by atoms with Gasteiger partial charge in [-0.05, 0) is 32.4 Å². The van der Waals surface area contributed by atoms with Crippen LogP contribution in [0.5, 0.6) is 0 Å². The molecule has 1 saturated heterocycles. The third kappa shape index (κ3) is 5.27. The highest BCUT2D eigenvalue weighted by atomic mass is 19.1. The maximum absolute atomic E-state index is 13.6. The predicted molar refractivity (Wildman–Crippen MR) is 98.7 cm³/mol. The van der Waals surface area contributed by atoms with Crippen LogP contribution in [-0.4, -0.2) is 46.9 Å². The number of nitrogens with zero attached hydrogens (tertiary/aromatic N) is 1. The van der Waals surface area contributed by atoms with E-state index in [2.05, 4.69) is 10.6 Å². The second kappa shape index (κ2) is 8.97. The average molecular weight is 411 g/mol. The third-order valence-corrected chi connectivity index (χ3v) is 4.53. The summed E-state index contributed by atoms with van der Waals surface area (Å²) in [5.74, 6) is -4.05. The number of urea groups is 1. The molecule has 1 aliphatic rings. The van der Waals surface area contributed by atoms with E-state index >= 15 is 0 Å². The number of carbonyl (C=O) groups excluding carboxylic acids is 4. The molecule has 0 saturated carbocycles. The molecule has 2 rings (SSSR count). The first-order chi connectivity index (χ1) is 13.6. The first-order valence-corrected chi connectivity index (χ1v) is 9.17. The Morgan fingerprint density at radius 1 is 1.31 bits per heavy atom. The Kier molecular flexibility index (Phi) is 6.89. The van der Waals surface area contributed by atoms with Gasteiger partial charge < -0.3 is 15.4 Å². The lowest BCUT2D eigenvalue weighted by Crippen LogP contribution is -2.44. The zero-order chi connectivity index (χ0) is 21.8. The number of hydrogen-bond donors (Lipinski definition) is 2. The van der Waals surface area contributed by atoms with Crippen molar-refractivity contribution in [3.8, 4) is 0 Å². The van der Waals surface area contributed by atoms with Crippen molar-refractivity contribution in [2.24, 2.45) is 0 Å². The van der Waals surface area contributed by atoms with Crippen LogP contribution in [0.2, 0.25) is 0 Å². The summed E-state index contributed by atoms with van der Waals surface area (Å²) < 4.78 is 31.7. The molecule has 2 atom stereocenters. The van der Waals surface area contributed by atoms with Gasteiger partial charge in [0.05, 0.1) is 5.69 Å². The van der Waals surface area contributed by atoms with Gasteiger partial charge in [0.1, 0.15) is 23.7 Å². The van der Waals surface area contributed by atoms with Crippen LogP contribution in [0, 0.1) is 11.6 Å². The number of halogens is 2. The highest BCUT2D eigenvalue weighted by Crippen LogP contribution is 2.23. The van der Waals surface area contributed by atoms with E-state index in [0.29, 0.717) is 12.8 Å². The predicted octanol–water partition coefficient (Wildman–Crippen LogP) is 2.34. The molecule has 29 heavy (non-hydrogen) atoms. The minimum absolute atomic E-state index is 0.404. The lowest BCUT2D eigenvalue weighted by Gasteiger charge is -2.21. The molecule has 1 heterocycles. The second-order valence-electron chi connectivity index (χ2n) is 7.00. The molecule has 1 aliphatic heterocycles. The van der Waals surface area contributed by atoms with Crippen LogP contribution >= 0.6 is 0 Å². The fraction of sp³-hybridized carbons (Fsp3) is 0.474. The highest BCUT2D eigenvalue weighted by molar-refractivity contribution is 6.08. The van der Waals surface area contributed by atoms with Gasteiger partial charge >= 0.3 is 12.0 Å². The highest BCUT2D eigenvalue weighted by Gasteiger charge is 2.48. The number of carbonyl (C=O) groups is 4. The number of benzene rings is 1. The molecule has 0 aliphatic carbocycles. The molecule has 158 valence electrons. The van der Waals surface area contributed by atoms with Gasteiger partial charge in [-0.25, -0.2) is 13.6 Å². The summed E-state index contributed by atoms with van der Waals surface area (Å²) in [6.07, 6.45) is 0.614. The number of imide groups is 1. The maximum Gasteiger partial charge on any atom is 0.327 e. The Hall–Kier alpha value is -3.04. The van der Waals surface area contributed by atoms with E-state index in [9.17, 15) is 28.0 Å². The summed E-state index contributed by atoms with van der Waals surface area (Å²) in [4.78, 5) is 49.4. The molecule has 2 N–H and O–H groups in total. The largest absolute Gasteiger partial charge is 0.451 e. The fourth-order valence-electron chi connectivity index (χ4n) is 2.84. The van der Waals surface area contributed by atoms with Crippen LogP contribution in [0.4, 0.5) is 19.3 Å². The number of hydrogen-bond acceptors (Lipinski definition) is 5. The topological polar surface area (TPSA) is 105 Å². The Labute approximate surface area is 166 Å². The van der Waals surface area contributed by atoms with Gasteiger partial charge in [0.25, 0.3) is 11.8 Å². The molecule has 1 aromatic carbocycles. The Morgan fingerprint density at radius 2 is 2.00 bits per heavy atom. The van der Waals surface area contributed by atoms with E-state index in [4.69, 9.17) is 4.74 Å². The van der Waals surface area contributed by atoms with Crippen molar-refractivity contribution in [3.05, 3.63) is 29.8 Å². The lowest BCUT2D eigenvalue weighted by atomic mass is 9.95. The monoisotopic (exact) mass is 411 g/mol. The summed E-state index contributed by atoms with van der Waals surface area (Å²) in [5.41, 5.74) is -1.50. The second-order valence-corrected chi connectivity index (χ2v) is 7.00. The van der Waals surface area contributed by atoms with Crippen LogP contribution in [0.25, 0.3) is 0 Å². The average Bonchev–Trinajstić information content (AvgIpc) is 2.86. The van der Waals surface area contributed by atoms with E-state index in [1.54, 1.807) is 6.92 Å². The SMILES string of the molecule is CCCC[C@]1(C)NC(=O)N(CC(=O)O[C@H](C)C(=O)Nc2cc(F)ccc2F)C1=O. The number of anilines is 1. The van der Waals surface area contributed by atoms with Gasteiger partial charge in [0.15, 0.2) is 6.10 Å². The van der Waals surface area contributed by atoms with Crippen LogP contribution in [0.15, 0.2) is 18.2 Å². The molecule has 8 nitrogen and oxygen atoms in total. The van der Waals surface area contributed by atoms with E-state index in [0.717, 1.165) is 29.5 Å². The minimum atomic E-state index is -1.36. The van der Waals surface area contributed by atoms with E-state index in [1.165, 1.54) is 6.92 Å². The smallest absolute Gasteiger partial charge is 0.327 e. The van der Waals surface area contributed by atoms with Gasteiger partial charge in [0.2, 0.25) is 0 Å². The zero-order valence-corrected chi connectivity index (χ0v) is 16.4. The number of amides is 4. The Bertz CT molecular complexity index is 832. The van der Waals surface area contributed by atoms with Crippen molar-refractivity contribution in [2.75, 3.05) is 11.9 Å². The molecule has 10 heteroatoms. The standard InChI is InChI=1S/C19H23F2N3O5/c1-4-5-8-19(3)17(27)24(18(28)23-19)10-15(25)29-11(2)16(26)22-14-9-12(20)6-7-13(14)21/h6-7,9,11H,4-5,8,10H2,1-3H3,(H,22,26)(H,23,28)/t11-,19+/m1/s1. The molecule has 4 amide bonds. The van der Waals surface area contributed by atoms with Crippen LogP contribution in [-0.2, 0) is 19.1 Å². The Morgan fingerprint density at radius 3 is 2.66 bits per heavy atom. The van der Waals surface area contributed by atoms with Crippen molar-refractivity contribution in [3.63, 3.8) is 0 Å². The summed E-state index contributed by atoms with van der Waals surface area (Å²) in [7, 11) is 0. The van der Waals surface area contributed by atoms with Crippen molar-refractivity contribution in [1.29, 1.82) is 0 Å². The lowest BCUT2D eigenvalue weighted by molar-refractivity contribution is -0.155. The summed E-state index contributed by atoms with van der Waals surface area (Å²) in [5, 5.41) is 4.68.